The summed E-state index contributed by atoms with van der Waals surface area (Å²) in [6.45, 7) is 12.7. The molecule has 0 aromatic carbocycles. The third kappa shape index (κ3) is 6.27. The second kappa shape index (κ2) is 6.01. The lowest BCUT2D eigenvalue weighted by Gasteiger charge is -2.21. The van der Waals surface area contributed by atoms with Gasteiger partial charge in [0.1, 0.15) is 5.82 Å². The van der Waals surface area contributed by atoms with Crippen LogP contribution in [-0.2, 0) is 6.54 Å². The van der Waals surface area contributed by atoms with Crippen LogP contribution in [0.5, 0.6) is 0 Å². The number of anilines is 1. The van der Waals surface area contributed by atoms with Gasteiger partial charge < -0.3 is 10.6 Å². The number of aromatic nitrogens is 1. The van der Waals surface area contributed by atoms with E-state index in [1.54, 1.807) is 0 Å². The highest BCUT2D eigenvalue weighted by atomic mass is 15.0. The van der Waals surface area contributed by atoms with E-state index in [1.807, 2.05) is 12.3 Å². The van der Waals surface area contributed by atoms with Gasteiger partial charge in [0.2, 0.25) is 0 Å². The van der Waals surface area contributed by atoms with Crippen LogP contribution in [0.15, 0.2) is 18.3 Å². The molecule has 1 aromatic heterocycles. The first-order valence-corrected chi connectivity index (χ1v) is 6.30. The monoisotopic (exact) mass is 235 g/mol. The maximum Gasteiger partial charge on any atom is 0.126 e. The highest BCUT2D eigenvalue weighted by molar-refractivity contribution is 5.37. The Morgan fingerprint density at radius 2 is 1.94 bits per heavy atom. The zero-order chi connectivity index (χ0) is 12.9. The van der Waals surface area contributed by atoms with Crippen molar-refractivity contribution in [2.45, 2.75) is 46.7 Å². The Balaban J connectivity index is 2.45. The molecule has 0 amide bonds. The van der Waals surface area contributed by atoms with Gasteiger partial charge in [-0.05, 0) is 44.9 Å². The first-order chi connectivity index (χ1) is 7.87. The van der Waals surface area contributed by atoms with Crippen LogP contribution in [0.4, 0.5) is 5.82 Å². The third-order valence-corrected chi connectivity index (χ3v) is 2.21. The average molecular weight is 235 g/mol. The molecule has 1 rings (SSSR count). The van der Waals surface area contributed by atoms with Gasteiger partial charge in [0.25, 0.3) is 0 Å². The molecule has 2 N–H and O–H groups in total. The number of pyridine rings is 1. The van der Waals surface area contributed by atoms with Crippen molar-refractivity contribution in [1.82, 2.24) is 10.3 Å². The number of nitrogens with zero attached hydrogens (tertiary/aromatic N) is 1. The van der Waals surface area contributed by atoms with Crippen LogP contribution >= 0.6 is 0 Å². The van der Waals surface area contributed by atoms with Crippen LogP contribution in [0.25, 0.3) is 0 Å². The Morgan fingerprint density at radius 1 is 1.24 bits per heavy atom. The molecule has 96 valence electrons. The molecule has 1 heterocycles. The first kappa shape index (κ1) is 14.0. The van der Waals surface area contributed by atoms with E-state index in [-0.39, 0.29) is 5.54 Å². The molecule has 0 aliphatic rings. The van der Waals surface area contributed by atoms with Crippen molar-refractivity contribution in [3.63, 3.8) is 0 Å². The Hall–Kier alpha value is -1.09. The minimum Gasteiger partial charge on any atom is -0.365 e. The normalized spacial score (nSPS) is 11.9. The van der Waals surface area contributed by atoms with Crippen LogP contribution < -0.4 is 10.6 Å². The van der Waals surface area contributed by atoms with E-state index < -0.39 is 0 Å². The molecule has 0 unspecified atom stereocenters. The maximum atomic E-state index is 4.41. The molecule has 0 aliphatic heterocycles. The number of rotatable bonds is 5. The zero-order valence-electron chi connectivity index (χ0n) is 11.7. The van der Waals surface area contributed by atoms with Gasteiger partial charge in [0.05, 0.1) is 0 Å². The van der Waals surface area contributed by atoms with E-state index in [4.69, 9.17) is 0 Å². The smallest absolute Gasteiger partial charge is 0.126 e. The quantitative estimate of drug-likeness (QED) is 0.823. The molecule has 1 aromatic rings. The van der Waals surface area contributed by atoms with Gasteiger partial charge in [0.15, 0.2) is 0 Å². The molecule has 0 fully saturated rings. The van der Waals surface area contributed by atoms with Crippen molar-refractivity contribution in [2.75, 3.05) is 11.9 Å². The molecule has 0 aliphatic carbocycles. The van der Waals surface area contributed by atoms with Crippen LogP contribution in [0.3, 0.4) is 0 Å². The molecule has 0 saturated heterocycles. The van der Waals surface area contributed by atoms with Crippen molar-refractivity contribution in [1.29, 1.82) is 0 Å². The summed E-state index contributed by atoms with van der Waals surface area (Å²) in [5.74, 6) is 1.62. The Bertz CT molecular complexity index is 322. The van der Waals surface area contributed by atoms with E-state index >= 15 is 0 Å². The van der Waals surface area contributed by atoms with Crippen LogP contribution in [0.1, 0.15) is 40.2 Å². The fraction of sp³-hybridized carbons (Fsp3) is 0.643. The molecule has 0 bridgehead atoms. The van der Waals surface area contributed by atoms with E-state index in [0.717, 1.165) is 18.9 Å². The Morgan fingerprint density at radius 3 is 2.41 bits per heavy atom. The summed E-state index contributed by atoms with van der Waals surface area (Å²) in [4.78, 5) is 4.41. The van der Waals surface area contributed by atoms with E-state index in [9.17, 15) is 0 Å². The van der Waals surface area contributed by atoms with Crippen LogP contribution in [0, 0.1) is 5.92 Å². The van der Waals surface area contributed by atoms with Crippen molar-refractivity contribution in [3.05, 3.63) is 23.9 Å². The topological polar surface area (TPSA) is 37.0 Å². The van der Waals surface area contributed by atoms with Gasteiger partial charge >= 0.3 is 0 Å². The highest BCUT2D eigenvalue weighted by Crippen LogP contribution is 2.12. The molecular formula is C14H25N3. The van der Waals surface area contributed by atoms with Crippen molar-refractivity contribution in [3.8, 4) is 0 Å². The first-order valence-electron chi connectivity index (χ1n) is 6.30. The fourth-order valence-corrected chi connectivity index (χ4v) is 1.49. The SMILES string of the molecule is CC(C)CNCc1ccc(NC(C)(C)C)nc1. The molecule has 3 heteroatoms. The standard InChI is InChI=1S/C14H25N3/c1-11(2)8-15-9-12-6-7-13(16-10-12)17-14(3,4)5/h6-7,10-11,15H,8-9H2,1-5H3,(H,16,17). The van der Waals surface area contributed by atoms with Crippen LogP contribution in [0.2, 0.25) is 0 Å². The second-order valence-electron chi connectivity index (χ2n) is 5.95. The minimum absolute atomic E-state index is 0.0599. The van der Waals surface area contributed by atoms with Gasteiger partial charge in [-0.25, -0.2) is 4.98 Å². The molecule has 17 heavy (non-hydrogen) atoms. The highest BCUT2D eigenvalue weighted by Gasteiger charge is 2.09. The molecule has 3 nitrogen and oxygen atoms in total. The largest absolute Gasteiger partial charge is 0.365 e. The Labute approximate surface area is 105 Å². The summed E-state index contributed by atoms with van der Waals surface area (Å²) in [5.41, 5.74) is 1.29. The van der Waals surface area contributed by atoms with Gasteiger partial charge in [-0.15, -0.1) is 0 Å². The fourth-order valence-electron chi connectivity index (χ4n) is 1.49. The Kier molecular flexibility index (Phi) is 4.94. The lowest BCUT2D eigenvalue weighted by Crippen LogP contribution is -2.26. The third-order valence-electron chi connectivity index (χ3n) is 2.21. The van der Waals surface area contributed by atoms with Crippen molar-refractivity contribution >= 4 is 5.82 Å². The summed E-state index contributed by atoms with van der Waals surface area (Å²) in [7, 11) is 0. The van der Waals surface area contributed by atoms with E-state index in [2.05, 4.69) is 56.3 Å². The summed E-state index contributed by atoms with van der Waals surface area (Å²) in [5, 5.41) is 6.76. The lowest BCUT2D eigenvalue weighted by molar-refractivity contribution is 0.552. The van der Waals surface area contributed by atoms with Gasteiger partial charge in [0, 0.05) is 18.3 Å². The predicted molar refractivity (Wildman–Crippen MR) is 74.2 cm³/mol. The number of hydrogen-bond acceptors (Lipinski definition) is 3. The van der Waals surface area contributed by atoms with Gasteiger partial charge in [-0.2, -0.15) is 0 Å². The molecular weight excluding hydrogens is 210 g/mol. The van der Waals surface area contributed by atoms with E-state index in [0.29, 0.717) is 5.92 Å². The lowest BCUT2D eigenvalue weighted by atomic mass is 10.1. The average Bonchev–Trinajstić information content (AvgIpc) is 2.18. The van der Waals surface area contributed by atoms with Gasteiger partial charge in [-0.1, -0.05) is 19.9 Å². The number of hydrogen-bond donors (Lipinski definition) is 2. The summed E-state index contributed by atoms with van der Waals surface area (Å²) in [6.07, 6.45) is 1.93. The summed E-state index contributed by atoms with van der Waals surface area (Å²) >= 11 is 0. The van der Waals surface area contributed by atoms with E-state index in [1.165, 1.54) is 5.56 Å². The predicted octanol–water partition coefficient (Wildman–Crippen LogP) is 3.04. The van der Waals surface area contributed by atoms with Gasteiger partial charge in [-0.3, -0.25) is 0 Å². The van der Waals surface area contributed by atoms with Crippen LogP contribution in [-0.4, -0.2) is 17.1 Å². The molecule has 0 radical (unpaired) electrons. The molecule has 0 saturated carbocycles. The number of nitrogens with one attached hydrogen (secondary N) is 2. The van der Waals surface area contributed by atoms with Crippen molar-refractivity contribution in [2.24, 2.45) is 5.92 Å². The molecule has 0 atom stereocenters. The molecule has 0 spiro atoms. The maximum absolute atomic E-state index is 4.41. The summed E-state index contributed by atoms with van der Waals surface area (Å²) in [6, 6.07) is 4.16. The minimum atomic E-state index is 0.0599. The second-order valence-corrected chi connectivity index (χ2v) is 5.95. The summed E-state index contributed by atoms with van der Waals surface area (Å²) < 4.78 is 0. The van der Waals surface area contributed by atoms with Crippen molar-refractivity contribution < 1.29 is 0 Å². The zero-order valence-corrected chi connectivity index (χ0v) is 11.7.